The van der Waals surface area contributed by atoms with E-state index in [1.54, 1.807) is 7.05 Å². The average molecular weight is 370 g/mol. The van der Waals surface area contributed by atoms with Gasteiger partial charge < -0.3 is 4.57 Å². The smallest absolute Gasteiger partial charge is 0.280 e. The highest BCUT2D eigenvalue weighted by molar-refractivity contribution is 8.13. The first kappa shape index (κ1) is 16.1. The minimum atomic E-state index is -3.94. The van der Waals surface area contributed by atoms with Crippen LogP contribution in [0, 0.1) is 0 Å². The van der Waals surface area contributed by atoms with Crippen LogP contribution in [0.25, 0.3) is 0 Å². The topological polar surface area (TPSA) is 98.1 Å². The van der Waals surface area contributed by atoms with E-state index in [-0.39, 0.29) is 20.6 Å². The zero-order chi connectivity index (χ0) is 15.8. The van der Waals surface area contributed by atoms with Crippen LogP contribution >= 0.6 is 22.3 Å². The van der Waals surface area contributed by atoms with Gasteiger partial charge in [-0.3, -0.25) is 4.72 Å². The first-order valence-corrected chi connectivity index (χ1v) is 9.51. The summed E-state index contributed by atoms with van der Waals surface area (Å²) in [5.41, 5.74) is 0.0198. The Morgan fingerprint density at radius 2 is 1.90 bits per heavy atom. The number of imidazole rings is 1. The molecule has 1 aromatic heterocycles. The summed E-state index contributed by atoms with van der Waals surface area (Å²) >= 11 is 5.86. The number of nitrogens with zero attached hydrogens (tertiary/aromatic N) is 2. The van der Waals surface area contributed by atoms with E-state index in [9.17, 15) is 16.8 Å². The number of nitrogens with one attached hydrogen (secondary N) is 1. The van der Waals surface area contributed by atoms with Crippen molar-refractivity contribution >= 4 is 47.0 Å². The summed E-state index contributed by atoms with van der Waals surface area (Å²) in [7, 11) is -1.05. The van der Waals surface area contributed by atoms with Crippen molar-refractivity contribution in [2.45, 2.75) is 9.92 Å². The SMILES string of the molecule is Cn1cnc(S(=O)(=O)Nc2ccc(S(=O)(=O)Cl)cc2Cl)c1. The number of halogens is 2. The van der Waals surface area contributed by atoms with Crippen molar-refractivity contribution in [3.8, 4) is 0 Å². The first-order valence-electron chi connectivity index (χ1n) is 5.34. The van der Waals surface area contributed by atoms with Gasteiger partial charge in [0, 0.05) is 23.9 Å². The van der Waals surface area contributed by atoms with Crippen LogP contribution in [0.4, 0.5) is 5.69 Å². The molecule has 2 rings (SSSR count). The summed E-state index contributed by atoms with van der Waals surface area (Å²) in [4.78, 5) is 3.50. The summed E-state index contributed by atoms with van der Waals surface area (Å²) < 4.78 is 50.1. The second-order valence-corrected chi connectivity index (χ2v) is 8.66. The Labute approximate surface area is 131 Å². The van der Waals surface area contributed by atoms with Crippen LogP contribution < -0.4 is 4.72 Å². The molecule has 0 aliphatic rings. The standard InChI is InChI=1S/C10H9Cl2N3O4S2/c1-15-5-10(13-6-15)21(18,19)14-9-3-2-7(4-8(9)11)20(12,16)17/h2-6,14H,1H3. The normalized spacial score (nSPS) is 12.3. The molecule has 0 fully saturated rings. The van der Waals surface area contributed by atoms with Gasteiger partial charge in [0.2, 0.25) is 0 Å². The van der Waals surface area contributed by atoms with Crippen LogP contribution in [0.2, 0.25) is 5.02 Å². The third-order valence-corrected chi connectivity index (χ3v) is 5.34. The van der Waals surface area contributed by atoms with Gasteiger partial charge in [-0.15, -0.1) is 0 Å². The summed E-state index contributed by atoms with van der Waals surface area (Å²) in [5, 5.41) is -0.286. The Morgan fingerprint density at radius 1 is 1.24 bits per heavy atom. The number of hydrogen-bond acceptors (Lipinski definition) is 5. The molecule has 0 amide bonds. The largest absolute Gasteiger partial charge is 0.339 e. The zero-order valence-electron chi connectivity index (χ0n) is 10.5. The van der Waals surface area contributed by atoms with Crippen molar-refractivity contribution < 1.29 is 16.8 Å². The highest BCUT2D eigenvalue weighted by atomic mass is 35.7. The van der Waals surface area contributed by atoms with Crippen LogP contribution in [0.15, 0.2) is 40.6 Å². The Kier molecular flexibility index (Phi) is 4.20. The number of aromatic nitrogens is 2. The number of hydrogen-bond donors (Lipinski definition) is 1. The zero-order valence-corrected chi connectivity index (χ0v) is 13.6. The van der Waals surface area contributed by atoms with E-state index in [0.717, 1.165) is 12.1 Å². The fourth-order valence-corrected chi connectivity index (χ4v) is 3.64. The lowest BCUT2D eigenvalue weighted by atomic mass is 10.3. The van der Waals surface area contributed by atoms with Crippen molar-refractivity contribution in [3.05, 3.63) is 35.7 Å². The van der Waals surface area contributed by atoms with Gasteiger partial charge in [0.1, 0.15) is 0 Å². The maximum Gasteiger partial charge on any atom is 0.280 e. The Bertz CT molecular complexity index is 891. The van der Waals surface area contributed by atoms with Crippen LogP contribution in [-0.2, 0) is 26.1 Å². The fourth-order valence-electron chi connectivity index (χ4n) is 1.45. The van der Waals surface area contributed by atoms with E-state index in [1.807, 2.05) is 0 Å². The fraction of sp³-hybridized carbons (Fsp3) is 0.100. The van der Waals surface area contributed by atoms with Gasteiger partial charge in [-0.1, -0.05) is 11.6 Å². The summed E-state index contributed by atoms with van der Waals surface area (Å²) in [6.07, 6.45) is 2.65. The van der Waals surface area contributed by atoms with Crippen molar-refractivity contribution in [3.63, 3.8) is 0 Å². The number of sulfonamides is 1. The molecule has 0 unspecified atom stereocenters. The first-order chi connectivity index (χ1) is 9.59. The Morgan fingerprint density at radius 3 is 2.38 bits per heavy atom. The van der Waals surface area contributed by atoms with Gasteiger partial charge >= 0.3 is 0 Å². The lowest BCUT2D eigenvalue weighted by Gasteiger charge is -2.08. The minimum absolute atomic E-state index is 0.0198. The third kappa shape index (κ3) is 3.67. The van der Waals surface area contributed by atoms with E-state index < -0.39 is 19.1 Å². The van der Waals surface area contributed by atoms with E-state index in [4.69, 9.17) is 22.3 Å². The molecule has 0 bridgehead atoms. The molecule has 7 nitrogen and oxygen atoms in total. The molecule has 11 heteroatoms. The van der Waals surface area contributed by atoms with Crippen LogP contribution in [0.3, 0.4) is 0 Å². The van der Waals surface area contributed by atoms with Gasteiger partial charge in [0.25, 0.3) is 19.1 Å². The number of rotatable bonds is 4. The van der Waals surface area contributed by atoms with Crippen LogP contribution in [0.5, 0.6) is 0 Å². The Balaban J connectivity index is 2.36. The molecule has 0 saturated heterocycles. The molecule has 0 saturated carbocycles. The molecule has 1 N–H and O–H groups in total. The molecule has 2 aromatic rings. The summed E-state index contributed by atoms with van der Waals surface area (Å²) in [6.45, 7) is 0. The predicted octanol–water partition coefficient (Wildman–Crippen LogP) is 1.80. The molecule has 0 radical (unpaired) electrons. The molecule has 0 aliphatic heterocycles. The van der Waals surface area contributed by atoms with Crippen molar-refractivity contribution in [2.24, 2.45) is 7.05 Å². The molecule has 114 valence electrons. The molecular weight excluding hydrogens is 361 g/mol. The maximum atomic E-state index is 12.1. The minimum Gasteiger partial charge on any atom is -0.339 e. The second-order valence-electron chi connectivity index (χ2n) is 4.06. The van der Waals surface area contributed by atoms with Crippen molar-refractivity contribution in [1.82, 2.24) is 9.55 Å². The van der Waals surface area contributed by atoms with E-state index >= 15 is 0 Å². The molecule has 0 spiro atoms. The highest BCUT2D eigenvalue weighted by Crippen LogP contribution is 2.28. The highest BCUT2D eigenvalue weighted by Gasteiger charge is 2.19. The van der Waals surface area contributed by atoms with Gasteiger partial charge in [0.05, 0.1) is 21.9 Å². The summed E-state index contributed by atoms with van der Waals surface area (Å²) in [6, 6.07) is 3.41. The third-order valence-electron chi connectivity index (χ3n) is 2.42. The number of aryl methyl sites for hydroxylation is 1. The van der Waals surface area contributed by atoms with Crippen molar-refractivity contribution in [1.29, 1.82) is 0 Å². The van der Waals surface area contributed by atoms with Crippen molar-refractivity contribution in [2.75, 3.05) is 4.72 Å². The number of benzene rings is 1. The van der Waals surface area contributed by atoms with E-state index in [1.165, 1.54) is 23.2 Å². The summed E-state index contributed by atoms with van der Waals surface area (Å²) in [5.74, 6) is 0. The molecule has 0 atom stereocenters. The monoisotopic (exact) mass is 369 g/mol. The average Bonchev–Trinajstić information content (AvgIpc) is 2.78. The quantitative estimate of drug-likeness (QED) is 0.828. The molecule has 1 heterocycles. The number of anilines is 1. The van der Waals surface area contributed by atoms with Gasteiger partial charge in [-0.05, 0) is 18.2 Å². The Hall–Kier alpha value is -1.29. The second kappa shape index (κ2) is 5.48. The molecule has 21 heavy (non-hydrogen) atoms. The van der Waals surface area contributed by atoms with Gasteiger partial charge in [-0.25, -0.2) is 13.4 Å². The van der Waals surface area contributed by atoms with Gasteiger partial charge in [0.15, 0.2) is 5.03 Å². The van der Waals surface area contributed by atoms with Crippen LogP contribution in [0.1, 0.15) is 0 Å². The predicted molar refractivity (Wildman–Crippen MR) is 78.5 cm³/mol. The molecular formula is C10H9Cl2N3O4S2. The van der Waals surface area contributed by atoms with Gasteiger partial charge in [-0.2, -0.15) is 8.42 Å². The van der Waals surface area contributed by atoms with E-state index in [2.05, 4.69) is 9.71 Å². The molecule has 1 aromatic carbocycles. The van der Waals surface area contributed by atoms with E-state index in [0.29, 0.717) is 0 Å². The van der Waals surface area contributed by atoms with Crippen LogP contribution in [-0.4, -0.2) is 26.4 Å². The maximum absolute atomic E-state index is 12.1. The lowest BCUT2D eigenvalue weighted by molar-refractivity contribution is 0.598. The molecule has 0 aliphatic carbocycles. The lowest BCUT2D eigenvalue weighted by Crippen LogP contribution is -2.13.